The zero-order valence-corrected chi connectivity index (χ0v) is 17.3. The van der Waals surface area contributed by atoms with Crippen LogP contribution in [-0.2, 0) is 0 Å². The summed E-state index contributed by atoms with van der Waals surface area (Å²) < 4.78 is 0. The molecule has 2 nitrogen and oxygen atoms in total. The van der Waals surface area contributed by atoms with Gasteiger partial charge in [-0.15, -0.1) is 0 Å². The summed E-state index contributed by atoms with van der Waals surface area (Å²) in [5, 5.41) is 0. The number of rotatable bonds is 12. The van der Waals surface area contributed by atoms with E-state index in [1.54, 1.807) is 11.1 Å². The molecule has 0 fully saturated rings. The predicted molar refractivity (Wildman–Crippen MR) is 109 cm³/mol. The lowest BCUT2D eigenvalue weighted by molar-refractivity contribution is 0.277. The zero-order valence-electron chi connectivity index (χ0n) is 17.3. The predicted octanol–water partition coefficient (Wildman–Crippen LogP) is 5.51. The fourth-order valence-electron chi connectivity index (χ4n) is 4.07. The normalized spacial score (nSPS) is 17.8. The third-order valence-corrected chi connectivity index (χ3v) is 5.47. The molecular formula is C22H42N2. The topological polar surface area (TPSA) is 6.48 Å². The lowest BCUT2D eigenvalue weighted by Crippen LogP contribution is -2.31. The smallest absolute Gasteiger partial charge is 0.0306 e. The Morgan fingerprint density at radius 1 is 1.08 bits per heavy atom. The minimum Gasteiger partial charge on any atom is -0.309 e. The van der Waals surface area contributed by atoms with Gasteiger partial charge in [-0.05, 0) is 98.9 Å². The van der Waals surface area contributed by atoms with Crippen molar-refractivity contribution in [1.29, 1.82) is 0 Å². The molecule has 0 amide bonds. The number of allylic oxidation sites excluding steroid dienone is 2. The Bertz CT molecular complexity index is 406. The Labute approximate surface area is 152 Å². The number of hydrogen-bond acceptors (Lipinski definition) is 2. The molecule has 0 heterocycles. The third kappa shape index (κ3) is 7.98. The van der Waals surface area contributed by atoms with E-state index < -0.39 is 0 Å². The van der Waals surface area contributed by atoms with Gasteiger partial charge >= 0.3 is 0 Å². The Balaban J connectivity index is 2.33. The maximum absolute atomic E-state index is 4.36. The summed E-state index contributed by atoms with van der Waals surface area (Å²) in [5.74, 6) is 0.729. The molecule has 1 aliphatic carbocycles. The van der Waals surface area contributed by atoms with Crippen molar-refractivity contribution in [1.82, 2.24) is 9.80 Å². The molecule has 0 spiro atoms. The van der Waals surface area contributed by atoms with Crippen LogP contribution in [0.4, 0.5) is 0 Å². The van der Waals surface area contributed by atoms with E-state index in [1.807, 2.05) is 0 Å². The molecule has 0 bridgehead atoms. The van der Waals surface area contributed by atoms with E-state index in [0.29, 0.717) is 6.04 Å². The summed E-state index contributed by atoms with van der Waals surface area (Å²) in [6.07, 6.45) is 11.6. The van der Waals surface area contributed by atoms with E-state index in [2.05, 4.69) is 58.4 Å². The van der Waals surface area contributed by atoms with Gasteiger partial charge in [0.1, 0.15) is 0 Å². The van der Waals surface area contributed by atoms with E-state index >= 15 is 0 Å². The molecule has 2 heteroatoms. The molecule has 1 rings (SSSR count). The molecule has 0 saturated heterocycles. The molecule has 0 radical (unpaired) electrons. The molecule has 0 aromatic rings. The number of nitrogens with zero attached hydrogens (tertiary/aromatic N) is 2. The monoisotopic (exact) mass is 334 g/mol. The first-order chi connectivity index (χ1) is 11.3. The Kier molecular flexibility index (Phi) is 9.92. The summed E-state index contributed by atoms with van der Waals surface area (Å²) in [4.78, 5) is 4.71. The third-order valence-electron chi connectivity index (χ3n) is 5.47. The molecule has 24 heavy (non-hydrogen) atoms. The zero-order chi connectivity index (χ0) is 18.1. The van der Waals surface area contributed by atoms with Crippen molar-refractivity contribution in [3.05, 3.63) is 23.3 Å². The summed E-state index contributed by atoms with van der Waals surface area (Å²) in [6, 6.07) is 0.635. The van der Waals surface area contributed by atoms with E-state index in [1.165, 1.54) is 69.9 Å². The van der Waals surface area contributed by atoms with E-state index in [-0.39, 0.29) is 0 Å². The highest BCUT2D eigenvalue weighted by atomic mass is 15.1. The van der Waals surface area contributed by atoms with E-state index in [4.69, 9.17) is 0 Å². The Morgan fingerprint density at radius 3 is 2.33 bits per heavy atom. The summed E-state index contributed by atoms with van der Waals surface area (Å²) in [7, 11) is 8.80. The van der Waals surface area contributed by atoms with Crippen LogP contribution in [0.15, 0.2) is 23.3 Å². The molecule has 0 N–H and O–H groups in total. The second-order valence-corrected chi connectivity index (χ2v) is 8.55. The first kappa shape index (κ1) is 21.4. The molecular weight excluding hydrogens is 292 g/mol. The van der Waals surface area contributed by atoms with Crippen molar-refractivity contribution < 1.29 is 0 Å². The largest absolute Gasteiger partial charge is 0.309 e. The molecule has 1 aliphatic rings. The molecule has 2 unspecified atom stereocenters. The van der Waals surface area contributed by atoms with Crippen molar-refractivity contribution in [3.8, 4) is 0 Å². The van der Waals surface area contributed by atoms with Gasteiger partial charge in [-0.25, -0.2) is 0 Å². The van der Waals surface area contributed by atoms with Crippen LogP contribution in [0.3, 0.4) is 0 Å². The van der Waals surface area contributed by atoms with Crippen molar-refractivity contribution in [2.45, 2.75) is 77.7 Å². The maximum atomic E-state index is 4.36. The fourth-order valence-corrected chi connectivity index (χ4v) is 4.07. The standard InChI is InChI=1S/C22H42N2/c1-18(12-9-8-10-15-23(4)5)16-19(2)17-22(24(6)7)21-14-11-13-20(21)3/h19,22H,1,8-17H2,2-7H3. The van der Waals surface area contributed by atoms with Crippen LogP contribution < -0.4 is 0 Å². The van der Waals surface area contributed by atoms with Crippen molar-refractivity contribution in [2.24, 2.45) is 5.92 Å². The fraction of sp³-hybridized carbons (Fsp3) is 0.818. The van der Waals surface area contributed by atoms with Crippen molar-refractivity contribution in [3.63, 3.8) is 0 Å². The highest BCUT2D eigenvalue weighted by Crippen LogP contribution is 2.33. The first-order valence-electron chi connectivity index (χ1n) is 9.97. The van der Waals surface area contributed by atoms with Gasteiger partial charge in [0.15, 0.2) is 0 Å². The second-order valence-electron chi connectivity index (χ2n) is 8.55. The quantitative estimate of drug-likeness (QED) is 0.343. The molecule has 0 aromatic carbocycles. The van der Waals surface area contributed by atoms with Gasteiger partial charge in [0.05, 0.1) is 0 Å². The van der Waals surface area contributed by atoms with E-state index in [0.717, 1.165) is 5.92 Å². The van der Waals surface area contributed by atoms with Gasteiger partial charge in [-0.2, -0.15) is 0 Å². The van der Waals surface area contributed by atoms with Gasteiger partial charge in [-0.3, -0.25) is 0 Å². The lowest BCUT2D eigenvalue weighted by atomic mass is 9.88. The Morgan fingerprint density at radius 2 is 1.79 bits per heavy atom. The highest BCUT2D eigenvalue weighted by Gasteiger charge is 2.24. The highest BCUT2D eigenvalue weighted by molar-refractivity contribution is 5.23. The molecule has 140 valence electrons. The summed E-state index contributed by atoms with van der Waals surface area (Å²) in [5.41, 5.74) is 4.84. The van der Waals surface area contributed by atoms with Crippen LogP contribution >= 0.6 is 0 Å². The molecule has 0 aromatic heterocycles. The van der Waals surface area contributed by atoms with Crippen LogP contribution in [0.1, 0.15) is 71.6 Å². The van der Waals surface area contributed by atoms with Gasteiger partial charge in [-0.1, -0.05) is 36.6 Å². The molecule has 0 saturated carbocycles. The number of unbranched alkanes of at least 4 members (excludes halogenated alkanes) is 2. The molecule has 2 atom stereocenters. The van der Waals surface area contributed by atoms with Crippen LogP contribution in [0.25, 0.3) is 0 Å². The van der Waals surface area contributed by atoms with Crippen LogP contribution in [0.2, 0.25) is 0 Å². The summed E-state index contributed by atoms with van der Waals surface area (Å²) >= 11 is 0. The first-order valence-corrected chi connectivity index (χ1v) is 9.97. The minimum atomic E-state index is 0.635. The second kappa shape index (κ2) is 11.1. The van der Waals surface area contributed by atoms with Gasteiger partial charge in [0.2, 0.25) is 0 Å². The Hall–Kier alpha value is -0.600. The van der Waals surface area contributed by atoms with Crippen LogP contribution in [0.5, 0.6) is 0 Å². The van der Waals surface area contributed by atoms with Gasteiger partial charge in [0, 0.05) is 6.04 Å². The molecule has 0 aliphatic heterocycles. The number of hydrogen-bond donors (Lipinski definition) is 0. The average Bonchev–Trinajstić information content (AvgIpc) is 2.89. The minimum absolute atomic E-state index is 0.635. The van der Waals surface area contributed by atoms with Crippen LogP contribution in [0, 0.1) is 5.92 Å². The van der Waals surface area contributed by atoms with Crippen LogP contribution in [-0.4, -0.2) is 50.6 Å². The van der Waals surface area contributed by atoms with E-state index in [9.17, 15) is 0 Å². The van der Waals surface area contributed by atoms with Crippen molar-refractivity contribution in [2.75, 3.05) is 34.7 Å². The lowest BCUT2D eigenvalue weighted by Gasteiger charge is -2.29. The van der Waals surface area contributed by atoms with Crippen molar-refractivity contribution >= 4 is 0 Å². The maximum Gasteiger partial charge on any atom is 0.0306 e. The number of likely N-dealkylation sites (N-methyl/N-ethyl adjacent to an activating group) is 1. The van der Waals surface area contributed by atoms with Gasteiger partial charge in [0.25, 0.3) is 0 Å². The summed E-state index contributed by atoms with van der Waals surface area (Å²) in [6.45, 7) is 10.3. The van der Waals surface area contributed by atoms with Gasteiger partial charge < -0.3 is 9.80 Å². The average molecular weight is 335 g/mol. The SMILES string of the molecule is C=C(CCCCCN(C)C)CC(C)CC(C1=C(C)CCC1)N(C)C.